The largest absolute Gasteiger partial charge is 0.279 e. The van der Waals surface area contributed by atoms with Gasteiger partial charge in [0.2, 0.25) is 0 Å². The van der Waals surface area contributed by atoms with Crippen LogP contribution < -0.4 is 4.72 Å². The number of anilines is 1. The molecule has 0 atom stereocenters. The Balaban J connectivity index is 2.37. The number of benzene rings is 2. The van der Waals surface area contributed by atoms with Crippen molar-refractivity contribution in [2.45, 2.75) is 4.90 Å². The maximum atomic E-state index is 13.0. The van der Waals surface area contributed by atoms with Gasteiger partial charge >= 0.3 is 0 Å². The molecule has 0 radical (unpaired) electrons. The van der Waals surface area contributed by atoms with E-state index in [1.54, 1.807) is 0 Å². The highest BCUT2D eigenvalue weighted by molar-refractivity contribution is 7.92. The van der Waals surface area contributed by atoms with Crippen LogP contribution in [0.5, 0.6) is 0 Å². The summed E-state index contributed by atoms with van der Waals surface area (Å²) in [6.45, 7) is 0. The second kappa shape index (κ2) is 5.44. The first-order valence-corrected chi connectivity index (χ1v) is 6.99. The van der Waals surface area contributed by atoms with Crippen molar-refractivity contribution in [2.75, 3.05) is 4.72 Å². The molecule has 2 rings (SSSR count). The topological polar surface area (TPSA) is 89.3 Å². The summed E-state index contributed by atoms with van der Waals surface area (Å²) in [7, 11) is -4.25. The Labute approximate surface area is 118 Å². The normalized spacial score (nSPS) is 11.1. The summed E-state index contributed by atoms with van der Waals surface area (Å²) in [5.41, 5.74) is -0.408. The molecule has 6 nitrogen and oxygen atoms in total. The van der Waals surface area contributed by atoms with Crippen LogP contribution in [0.3, 0.4) is 0 Å². The highest BCUT2D eigenvalue weighted by atomic mass is 32.2. The summed E-state index contributed by atoms with van der Waals surface area (Å²) in [6, 6.07) is 6.55. The highest BCUT2D eigenvalue weighted by Gasteiger charge is 2.17. The molecule has 2 aromatic rings. The van der Waals surface area contributed by atoms with E-state index in [0.29, 0.717) is 18.2 Å². The number of halogens is 2. The predicted molar refractivity (Wildman–Crippen MR) is 70.3 cm³/mol. The Bertz CT molecular complexity index is 788. The average molecular weight is 314 g/mol. The van der Waals surface area contributed by atoms with E-state index in [9.17, 15) is 27.3 Å². The van der Waals surface area contributed by atoms with Crippen molar-refractivity contribution in [1.29, 1.82) is 0 Å². The van der Waals surface area contributed by atoms with E-state index in [1.165, 1.54) is 18.2 Å². The zero-order valence-corrected chi connectivity index (χ0v) is 11.1. The van der Waals surface area contributed by atoms with Crippen molar-refractivity contribution in [3.05, 3.63) is 64.2 Å². The quantitative estimate of drug-likeness (QED) is 0.694. The van der Waals surface area contributed by atoms with Gasteiger partial charge in [0.15, 0.2) is 0 Å². The van der Waals surface area contributed by atoms with Gasteiger partial charge in [-0.2, -0.15) is 0 Å². The number of non-ortho nitro benzene ring substituents is 1. The Hall–Kier alpha value is -2.55. The first kappa shape index (κ1) is 14.9. The number of hydrogen-bond acceptors (Lipinski definition) is 4. The van der Waals surface area contributed by atoms with Crippen LogP contribution >= 0.6 is 0 Å². The van der Waals surface area contributed by atoms with Crippen LogP contribution in [0.2, 0.25) is 0 Å². The SMILES string of the molecule is O=[N+]([O-])c1cccc(NS(=O)(=O)c2cc(F)cc(F)c2)c1. The van der Waals surface area contributed by atoms with Gasteiger partial charge < -0.3 is 0 Å². The minimum atomic E-state index is -4.25. The number of rotatable bonds is 4. The van der Waals surface area contributed by atoms with Gasteiger partial charge in [0.05, 0.1) is 15.5 Å². The maximum absolute atomic E-state index is 13.0. The van der Waals surface area contributed by atoms with Gasteiger partial charge in [0.1, 0.15) is 11.6 Å². The van der Waals surface area contributed by atoms with E-state index in [0.717, 1.165) is 6.07 Å². The maximum Gasteiger partial charge on any atom is 0.271 e. The number of nitro groups is 1. The van der Waals surface area contributed by atoms with Crippen molar-refractivity contribution in [3.63, 3.8) is 0 Å². The molecule has 1 N–H and O–H groups in total. The van der Waals surface area contributed by atoms with Gasteiger partial charge in [0.25, 0.3) is 15.7 Å². The molecule has 21 heavy (non-hydrogen) atoms. The third kappa shape index (κ3) is 3.51. The van der Waals surface area contributed by atoms with E-state index < -0.39 is 31.5 Å². The minimum Gasteiger partial charge on any atom is -0.279 e. The standard InChI is InChI=1S/C12H8F2N2O4S/c13-8-4-9(14)6-12(5-8)21(19,20)15-10-2-1-3-11(7-10)16(17)18/h1-7,15H. The summed E-state index contributed by atoms with van der Waals surface area (Å²) < 4.78 is 52.1. The molecule has 0 aromatic heterocycles. The fourth-order valence-electron chi connectivity index (χ4n) is 1.58. The molecule has 0 aliphatic heterocycles. The van der Waals surface area contributed by atoms with Crippen molar-refractivity contribution in [3.8, 4) is 0 Å². The summed E-state index contributed by atoms with van der Waals surface area (Å²) in [5.74, 6) is -2.09. The van der Waals surface area contributed by atoms with Crippen molar-refractivity contribution in [1.82, 2.24) is 0 Å². The summed E-state index contributed by atoms with van der Waals surface area (Å²) in [4.78, 5) is 9.29. The first-order chi connectivity index (χ1) is 9.78. The van der Waals surface area contributed by atoms with Gasteiger partial charge in [-0.15, -0.1) is 0 Å². The fraction of sp³-hybridized carbons (Fsp3) is 0. The van der Waals surface area contributed by atoms with Crippen LogP contribution in [0.15, 0.2) is 47.4 Å². The minimum absolute atomic E-state index is 0.0890. The monoisotopic (exact) mass is 314 g/mol. The zero-order chi connectivity index (χ0) is 15.6. The van der Waals surface area contributed by atoms with E-state index in [2.05, 4.69) is 0 Å². The van der Waals surface area contributed by atoms with E-state index >= 15 is 0 Å². The lowest BCUT2D eigenvalue weighted by molar-refractivity contribution is -0.384. The van der Waals surface area contributed by atoms with Gasteiger partial charge in [-0.1, -0.05) is 6.07 Å². The molecule has 0 aliphatic rings. The van der Waals surface area contributed by atoms with E-state index in [-0.39, 0.29) is 11.4 Å². The van der Waals surface area contributed by atoms with Crippen LogP contribution in [0.1, 0.15) is 0 Å². The molecular formula is C12H8F2N2O4S. The summed E-state index contributed by atoms with van der Waals surface area (Å²) >= 11 is 0. The Morgan fingerprint density at radius 2 is 1.67 bits per heavy atom. The lowest BCUT2D eigenvalue weighted by Crippen LogP contribution is -2.13. The number of nitro benzene ring substituents is 1. The summed E-state index contributed by atoms with van der Waals surface area (Å²) in [6.07, 6.45) is 0. The summed E-state index contributed by atoms with van der Waals surface area (Å²) in [5, 5.41) is 10.6. The molecule has 0 amide bonds. The van der Waals surface area contributed by atoms with E-state index in [4.69, 9.17) is 0 Å². The molecule has 0 bridgehead atoms. The molecule has 0 unspecified atom stereocenters. The molecule has 0 saturated heterocycles. The molecule has 0 saturated carbocycles. The van der Waals surface area contributed by atoms with Gasteiger partial charge in [-0.25, -0.2) is 17.2 Å². The smallest absolute Gasteiger partial charge is 0.271 e. The van der Waals surface area contributed by atoms with Gasteiger partial charge in [-0.3, -0.25) is 14.8 Å². The van der Waals surface area contributed by atoms with Crippen LogP contribution in [0.4, 0.5) is 20.2 Å². The zero-order valence-electron chi connectivity index (χ0n) is 10.3. The second-order valence-electron chi connectivity index (χ2n) is 4.02. The molecule has 0 spiro atoms. The van der Waals surface area contributed by atoms with Crippen LogP contribution in [0, 0.1) is 21.7 Å². The third-order valence-corrected chi connectivity index (χ3v) is 3.82. The van der Waals surface area contributed by atoms with Crippen molar-refractivity contribution in [2.24, 2.45) is 0 Å². The average Bonchev–Trinajstić information content (AvgIpc) is 2.37. The lowest BCUT2D eigenvalue weighted by Gasteiger charge is -2.08. The number of sulfonamides is 1. The number of nitrogens with zero attached hydrogens (tertiary/aromatic N) is 1. The fourth-order valence-corrected chi connectivity index (χ4v) is 2.67. The van der Waals surface area contributed by atoms with E-state index in [1.807, 2.05) is 4.72 Å². The number of hydrogen-bond donors (Lipinski definition) is 1. The number of nitrogens with one attached hydrogen (secondary N) is 1. The van der Waals surface area contributed by atoms with Crippen LogP contribution in [-0.2, 0) is 10.0 Å². The third-order valence-electron chi connectivity index (χ3n) is 2.46. The Morgan fingerprint density at radius 3 is 2.24 bits per heavy atom. The highest BCUT2D eigenvalue weighted by Crippen LogP contribution is 2.21. The van der Waals surface area contributed by atoms with Crippen molar-refractivity contribution >= 4 is 21.4 Å². The molecule has 0 fully saturated rings. The van der Waals surface area contributed by atoms with Crippen molar-refractivity contribution < 1.29 is 22.1 Å². The first-order valence-electron chi connectivity index (χ1n) is 5.51. The van der Waals surface area contributed by atoms with Gasteiger partial charge in [0, 0.05) is 18.2 Å². The predicted octanol–water partition coefficient (Wildman–Crippen LogP) is 2.67. The van der Waals surface area contributed by atoms with Gasteiger partial charge in [-0.05, 0) is 18.2 Å². The molecular weight excluding hydrogens is 306 g/mol. The molecule has 0 aliphatic carbocycles. The molecule has 110 valence electrons. The second-order valence-corrected chi connectivity index (χ2v) is 5.70. The molecule has 9 heteroatoms. The molecule has 0 heterocycles. The van der Waals surface area contributed by atoms with Crippen LogP contribution in [0.25, 0.3) is 0 Å². The molecule has 2 aromatic carbocycles. The Kier molecular flexibility index (Phi) is 3.85. The lowest BCUT2D eigenvalue weighted by atomic mass is 10.3. The van der Waals surface area contributed by atoms with Crippen LogP contribution in [-0.4, -0.2) is 13.3 Å². The Morgan fingerprint density at radius 1 is 1.05 bits per heavy atom.